The number of anilines is 1. The summed E-state index contributed by atoms with van der Waals surface area (Å²) in [6.07, 6.45) is 0.841. The van der Waals surface area contributed by atoms with Crippen LogP contribution in [0.1, 0.15) is 16.7 Å². The van der Waals surface area contributed by atoms with E-state index in [0.717, 1.165) is 29.0 Å². The third-order valence-corrected chi connectivity index (χ3v) is 5.01. The number of nitrogens with zero attached hydrogens (tertiary/aromatic N) is 1. The molecule has 3 rings (SSSR count). The van der Waals surface area contributed by atoms with Crippen molar-refractivity contribution in [1.82, 2.24) is 0 Å². The lowest BCUT2D eigenvalue weighted by atomic mass is 9.99. The van der Waals surface area contributed by atoms with Gasteiger partial charge in [-0.25, -0.2) is 0 Å². The number of rotatable bonds is 6. The first-order valence-electron chi connectivity index (χ1n) is 9.03. The summed E-state index contributed by atoms with van der Waals surface area (Å²) in [7, 11) is 3.22. The minimum absolute atomic E-state index is 0.0406. The number of nitro groups is 1. The maximum Gasteiger partial charge on any atom is 0.279 e. The maximum absolute atomic E-state index is 12.5. The Bertz CT molecular complexity index is 913. The van der Waals surface area contributed by atoms with Crippen molar-refractivity contribution in [2.75, 3.05) is 32.6 Å². The number of quaternary nitrogens is 1. The molecule has 148 valence electrons. The molecule has 1 aliphatic rings. The number of non-ortho nitro benzene ring substituents is 1. The predicted molar refractivity (Wildman–Crippen MR) is 104 cm³/mol. The van der Waals surface area contributed by atoms with Crippen LogP contribution in [-0.2, 0) is 17.8 Å². The van der Waals surface area contributed by atoms with Gasteiger partial charge in [-0.3, -0.25) is 14.9 Å². The third kappa shape index (κ3) is 4.23. The van der Waals surface area contributed by atoms with Gasteiger partial charge in [0, 0.05) is 24.1 Å². The molecule has 0 saturated carbocycles. The average molecular weight is 386 g/mol. The fourth-order valence-corrected chi connectivity index (χ4v) is 3.46. The standard InChI is InChI=1S/C20H23N3O5/c1-13-4-5-16(23(25)26)10-17(13)21-20(24)12-22-7-6-14-8-18(27-2)19(28-3)9-15(14)11-22/h4-5,8-10H,6-7,11-12H2,1-3H3,(H,21,24)/p+1. The first-order chi connectivity index (χ1) is 13.4. The molecule has 1 unspecified atom stereocenters. The van der Waals surface area contributed by atoms with Crippen molar-refractivity contribution in [2.24, 2.45) is 0 Å². The number of nitrogens with one attached hydrogen (secondary N) is 2. The van der Waals surface area contributed by atoms with E-state index in [-0.39, 0.29) is 18.1 Å². The van der Waals surface area contributed by atoms with Gasteiger partial charge in [-0.15, -0.1) is 0 Å². The Morgan fingerprint density at radius 2 is 1.86 bits per heavy atom. The lowest BCUT2D eigenvalue weighted by molar-refractivity contribution is -0.907. The smallest absolute Gasteiger partial charge is 0.279 e. The molecule has 0 bridgehead atoms. The zero-order valence-corrected chi connectivity index (χ0v) is 16.2. The molecular formula is C20H24N3O5+. The van der Waals surface area contributed by atoms with Crippen molar-refractivity contribution in [3.05, 3.63) is 57.1 Å². The van der Waals surface area contributed by atoms with E-state index in [2.05, 4.69) is 5.32 Å². The van der Waals surface area contributed by atoms with Gasteiger partial charge >= 0.3 is 0 Å². The van der Waals surface area contributed by atoms with Gasteiger partial charge < -0.3 is 19.7 Å². The highest BCUT2D eigenvalue weighted by Gasteiger charge is 2.24. The molecule has 8 heteroatoms. The molecule has 1 amide bonds. The Kier molecular flexibility index (Phi) is 5.79. The van der Waals surface area contributed by atoms with Gasteiger partial charge in [-0.2, -0.15) is 0 Å². The zero-order chi connectivity index (χ0) is 20.3. The SMILES string of the molecule is COc1cc2c(cc1OC)C[NH+](CC(=O)Nc1cc([N+](=O)[O-])ccc1C)CC2. The van der Waals surface area contributed by atoms with E-state index in [4.69, 9.17) is 9.47 Å². The number of hydrogen-bond donors (Lipinski definition) is 2. The molecule has 0 spiro atoms. The number of amides is 1. The molecule has 0 aromatic heterocycles. The second kappa shape index (κ2) is 8.26. The van der Waals surface area contributed by atoms with Gasteiger partial charge in [0.25, 0.3) is 11.6 Å². The number of aryl methyl sites for hydroxylation is 1. The van der Waals surface area contributed by atoms with Crippen LogP contribution < -0.4 is 19.7 Å². The summed E-state index contributed by atoms with van der Waals surface area (Å²) in [5.74, 6) is 1.23. The number of carbonyl (C=O) groups excluding carboxylic acids is 1. The van der Waals surface area contributed by atoms with E-state index in [1.807, 2.05) is 19.1 Å². The number of nitro benzene ring substituents is 1. The maximum atomic E-state index is 12.5. The molecule has 2 aromatic rings. The van der Waals surface area contributed by atoms with Crippen LogP contribution in [0.5, 0.6) is 11.5 Å². The summed E-state index contributed by atoms with van der Waals surface area (Å²) in [6, 6.07) is 8.43. The number of methoxy groups -OCH3 is 2. The number of hydrogen-bond acceptors (Lipinski definition) is 5. The van der Waals surface area contributed by atoms with Gasteiger partial charge in [-0.1, -0.05) is 6.07 Å². The summed E-state index contributed by atoms with van der Waals surface area (Å²) in [5, 5.41) is 13.8. The second-order valence-electron chi connectivity index (χ2n) is 6.88. The molecule has 2 aromatic carbocycles. The number of fused-ring (bicyclic) bond motifs is 1. The quantitative estimate of drug-likeness (QED) is 0.580. The molecule has 8 nitrogen and oxygen atoms in total. The molecule has 1 aliphatic heterocycles. The van der Waals surface area contributed by atoms with Crippen molar-refractivity contribution >= 4 is 17.3 Å². The molecule has 1 atom stereocenters. The summed E-state index contributed by atoms with van der Waals surface area (Å²) < 4.78 is 10.7. The van der Waals surface area contributed by atoms with Gasteiger partial charge in [0.2, 0.25) is 0 Å². The van der Waals surface area contributed by atoms with Crippen molar-refractivity contribution in [3.8, 4) is 11.5 Å². The zero-order valence-electron chi connectivity index (χ0n) is 16.2. The summed E-state index contributed by atoms with van der Waals surface area (Å²) in [6.45, 7) is 3.62. The fraction of sp³-hybridized carbons (Fsp3) is 0.350. The van der Waals surface area contributed by atoms with Crippen LogP contribution in [0.15, 0.2) is 30.3 Å². The minimum Gasteiger partial charge on any atom is -0.493 e. The Balaban J connectivity index is 1.68. The molecule has 2 N–H and O–H groups in total. The third-order valence-electron chi connectivity index (χ3n) is 5.01. The van der Waals surface area contributed by atoms with Crippen LogP contribution in [0.25, 0.3) is 0 Å². The van der Waals surface area contributed by atoms with Crippen LogP contribution in [0.3, 0.4) is 0 Å². The topological polar surface area (TPSA) is 95.1 Å². The van der Waals surface area contributed by atoms with Crippen molar-refractivity contribution in [1.29, 1.82) is 0 Å². The molecule has 0 saturated heterocycles. The van der Waals surface area contributed by atoms with Crippen molar-refractivity contribution < 1.29 is 24.1 Å². The van der Waals surface area contributed by atoms with Crippen LogP contribution >= 0.6 is 0 Å². The van der Waals surface area contributed by atoms with Gasteiger partial charge in [0.1, 0.15) is 6.54 Å². The van der Waals surface area contributed by atoms with Crippen molar-refractivity contribution in [2.45, 2.75) is 19.9 Å². The van der Waals surface area contributed by atoms with Crippen LogP contribution in [0.2, 0.25) is 0 Å². The van der Waals surface area contributed by atoms with Crippen LogP contribution in [-0.4, -0.2) is 38.1 Å². The molecule has 0 aliphatic carbocycles. The molecular weight excluding hydrogens is 362 g/mol. The van der Waals surface area contributed by atoms with Gasteiger partial charge in [0.05, 0.1) is 31.4 Å². The highest BCUT2D eigenvalue weighted by atomic mass is 16.6. The average Bonchev–Trinajstić information content (AvgIpc) is 2.68. The normalized spacial score (nSPS) is 15.5. The van der Waals surface area contributed by atoms with E-state index >= 15 is 0 Å². The number of ether oxygens (including phenoxy) is 2. The molecule has 0 fully saturated rings. The minimum atomic E-state index is -0.469. The van der Waals surface area contributed by atoms with Crippen LogP contribution in [0.4, 0.5) is 11.4 Å². The predicted octanol–water partition coefficient (Wildman–Crippen LogP) is 1.50. The van der Waals surface area contributed by atoms with E-state index in [0.29, 0.717) is 23.7 Å². The molecule has 0 radical (unpaired) electrons. The summed E-state index contributed by atoms with van der Waals surface area (Å²) >= 11 is 0. The van der Waals surface area contributed by atoms with Gasteiger partial charge in [0.15, 0.2) is 18.0 Å². The summed E-state index contributed by atoms with van der Waals surface area (Å²) in [5.41, 5.74) is 3.56. The van der Waals surface area contributed by atoms with Crippen LogP contribution in [0, 0.1) is 17.0 Å². The van der Waals surface area contributed by atoms with E-state index < -0.39 is 4.92 Å². The van der Waals surface area contributed by atoms with E-state index in [1.165, 1.54) is 17.7 Å². The van der Waals surface area contributed by atoms with E-state index in [1.54, 1.807) is 20.3 Å². The van der Waals surface area contributed by atoms with Crippen molar-refractivity contribution in [3.63, 3.8) is 0 Å². The Hall–Kier alpha value is -3.13. The molecule has 1 heterocycles. The largest absolute Gasteiger partial charge is 0.493 e. The van der Waals surface area contributed by atoms with E-state index in [9.17, 15) is 14.9 Å². The summed E-state index contributed by atoms with van der Waals surface area (Å²) in [4.78, 5) is 24.1. The second-order valence-corrected chi connectivity index (χ2v) is 6.88. The van der Waals surface area contributed by atoms with Gasteiger partial charge in [-0.05, 0) is 30.2 Å². The highest BCUT2D eigenvalue weighted by Crippen LogP contribution is 2.31. The monoisotopic (exact) mass is 386 g/mol. The Morgan fingerprint density at radius 1 is 1.18 bits per heavy atom. The molecule has 28 heavy (non-hydrogen) atoms. The number of benzene rings is 2. The fourth-order valence-electron chi connectivity index (χ4n) is 3.46. The first kappa shape index (κ1) is 19.6. The Labute approximate surface area is 163 Å². The lowest BCUT2D eigenvalue weighted by Crippen LogP contribution is -3.12. The highest BCUT2D eigenvalue weighted by molar-refractivity contribution is 5.92. The number of carbonyl (C=O) groups is 1. The lowest BCUT2D eigenvalue weighted by Gasteiger charge is -2.26. The first-order valence-corrected chi connectivity index (χ1v) is 9.03. The Morgan fingerprint density at radius 3 is 2.50 bits per heavy atom.